The molecule has 0 radical (unpaired) electrons. The Morgan fingerprint density at radius 3 is 2.46 bits per heavy atom. The zero-order valence-corrected chi connectivity index (χ0v) is 23.0. The van der Waals surface area contributed by atoms with Crippen molar-refractivity contribution in [3.8, 4) is 11.5 Å². The van der Waals surface area contributed by atoms with Gasteiger partial charge in [0, 0.05) is 47.4 Å². The lowest BCUT2D eigenvalue weighted by Crippen LogP contribution is -2.11. The van der Waals surface area contributed by atoms with Crippen molar-refractivity contribution in [1.29, 1.82) is 0 Å². The van der Waals surface area contributed by atoms with Crippen LogP contribution >= 0.6 is 0 Å². The molecular weight excluding hydrogens is 531 g/mol. The molecule has 0 fully saturated rings. The van der Waals surface area contributed by atoms with Gasteiger partial charge in [-0.25, -0.2) is 15.0 Å². The van der Waals surface area contributed by atoms with Crippen LogP contribution < -0.4 is 5.32 Å². The lowest BCUT2D eigenvalue weighted by atomic mass is 9.99. The zero-order chi connectivity index (χ0) is 29.3. The first-order valence-corrected chi connectivity index (χ1v) is 13.0. The van der Waals surface area contributed by atoms with Gasteiger partial charge in [-0.1, -0.05) is 19.1 Å². The molecule has 0 saturated heterocycles. The fourth-order valence-electron chi connectivity index (χ4n) is 4.44. The summed E-state index contributed by atoms with van der Waals surface area (Å²) < 4.78 is 44.3. The summed E-state index contributed by atoms with van der Waals surface area (Å²) in [6.45, 7) is 7.55. The van der Waals surface area contributed by atoms with Crippen LogP contribution in [0.25, 0.3) is 11.5 Å². The Morgan fingerprint density at radius 2 is 1.76 bits per heavy atom. The first kappa shape index (κ1) is 27.8. The summed E-state index contributed by atoms with van der Waals surface area (Å²) in [7, 11) is 0. The van der Waals surface area contributed by atoms with Crippen LogP contribution in [0, 0.1) is 20.8 Å². The van der Waals surface area contributed by atoms with Gasteiger partial charge in [0.15, 0.2) is 11.6 Å². The summed E-state index contributed by atoms with van der Waals surface area (Å²) >= 11 is 0. The highest BCUT2D eigenvalue weighted by atomic mass is 19.4. The summed E-state index contributed by atoms with van der Waals surface area (Å²) in [4.78, 5) is 26.0. The molecule has 210 valence electrons. The molecule has 0 atom stereocenters. The molecule has 5 aromatic rings. The summed E-state index contributed by atoms with van der Waals surface area (Å²) in [6, 6.07) is 12.6. The van der Waals surface area contributed by atoms with Crippen LogP contribution in [0.15, 0.2) is 67.4 Å². The number of imidazole rings is 1. The Hall–Kier alpha value is -4.80. The zero-order valence-electron chi connectivity index (χ0n) is 23.0. The van der Waals surface area contributed by atoms with Crippen LogP contribution in [-0.4, -0.2) is 35.1 Å². The van der Waals surface area contributed by atoms with E-state index in [1.54, 1.807) is 23.9 Å². The molecule has 2 aromatic carbocycles. The highest BCUT2D eigenvalue weighted by Gasteiger charge is 2.32. The van der Waals surface area contributed by atoms with E-state index < -0.39 is 17.5 Å². The maximum atomic E-state index is 13.7. The number of nitrogens with zero attached hydrogens (tertiary/aromatic N) is 6. The molecule has 1 N–H and O–H groups in total. The number of anilines is 2. The fourth-order valence-corrected chi connectivity index (χ4v) is 4.44. The number of halogens is 3. The number of hydrogen-bond donors (Lipinski definition) is 1. The number of carbonyl (C=O) groups excluding carboxylic acids is 1. The van der Waals surface area contributed by atoms with Crippen LogP contribution in [-0.2, 0) is 19.0 Å². The molecule has 0 saturated carbocycles. The van der Waals surface area contributed by atoms with Crippen molar-refractivity contribution in [3.63, 3.8) is 0 Å². The van der Waals surface area contributed by atoms with E-state index in [1.165, 1.54) is 23.3 Å². The van der Waals surface area contributed by atoms with Gasteiger partial charge in [-0.05, 0) is 62.6 Å². The van der Waals surface area contributed by atoms with Gasteiger partial charge >= 0.3 is 6.18 Å². The first-order chi connectivity index (χ1) is 19.5. The molecule has 5 rings (SSSR count). The molecule has 8 nitrogen and oxygen atoms in total. The molecule has 0 spiro atoms. The molecule has 0 aliphatic heterocycles. The molecule has 0 amide bonds. The van der Waals surface area contributed by atoms with Crippen LogP contribution in [0.1, 0.15) is 51.1 Å². The van der Waals surface area contributed by atoms with E-state index in [0.717, 1.165) is 41.2 Å². The van der Waals surface area contributed by atoms with Crippen molar-refractivity contribution in [3.05, 3.63) is 107 Å². The highest BCUT2D eigenvalue weighted by Crippen LogP contribution is 2.32. The van der Waals surface area contributed by atoms with Gasteiger partial charge < -0.3 is 9.88 Å². The number of rotatable bonds is 8. The number of ketones is 1. The molecule has 0 bridgehead atoms. The van der Waals surface area contributed by atoms with Gasteiger partial charge in [-0.3, -0.25) is 4.79 Å². The molecule has 41 heavy (non-hydrogen) atoms. The molecular formula is C30H28F3N7O. The van der Waals surface area contributed by atoms with Gasteiger partial charge in [-0.2, -0.15) is 23.0 Å². The molecule has 0 aliphatic rings. The quantitative estimate of drug-likeness (QED) is 0.218. The van der Waals surface area contributed by atoms with Crippen LogP contribution in [0.4, 0.5) is 24.7 Å². The Bertz CT molecular complexity index is 1740. The highest BCUT2D eigenvalue weighted by molar-refractivity contribution is 5.98. The minimum Gasteiger partial charge on any atom is -0.340 e. The number of aryl methyl sites for hydroxylation is 4. The second-order valence-corrected chi connectivity index (χ2v) is 9.87. The summed E-state index contributed by atoms with van der Waals surface area (Å²) in [5.74, 6) is 0.857. The average molecular weight is 560 g/mol. The average Bonchev–Trinajstić information content (AvgIpc) is 3.54. The van der Waals surface area contributed by atoms with Crippen LogP contribution in [0.3, 0.4) is 0 Å². The SMILES string of the molecule is CCc1cc(-n2nc(C)cc2Nc2cc(CC(=O)c3cc(-n4cnc(C)c4)cc(C(F)(F)F)c3)ccc2C)ncn1. The first-order valence-electron chi connectivity index (χ1n) is 13.0. The monoisotopic (exact) mass is 559 g/mol. The van der Waals surface area contributed by atoms with Gasteiger partial charge in [0.25, 0.3) is 0 Å². The van der Waals surface area contributed by atoms with Crippen LogP contribution in [0.5, 0.6) is 0 Å². The lowest BCUT2D eigenvalue weighted by Gasteiger charge is -2.14. The molecule has 3 aromatic heterocycles. The fraction of sp³-hybridized carbons (Fsp3) is 0.233. The van der Waals surface area contributed by atoms with E-state index in [4.69, 9.17) is 0 Å². The Kier molecular flexibility index (Phi) is 7.44. The van der Waals surface area contributed by atoms with Gasteiger partial charge in [0.1, 0.15) is 12.1 Å². The summed E-state index contributed by atoms with van der Waals surface area (Å²) in [5.41, 5.74) is 3.91. The Morgan fingerprint density at radius 1 is 0.951 bits per heavy atom. The minimum absolute atomic E-state index is 0.0274. The maximum absolute atomic E-state index is 13.7. The van der Waals surface area contributed by atoms with Crippen molar-refractivity contribution >= 4 is 17.3 Å². The largest absolute Gasteiger partial charge is 0.416 e. The van der Waals surface area contributed by atoms with E-state index in [2.05, 4.69) is 25.4 Å². The predicted octanol–water partition coefficient (Wildman–Crippen LogP) is 6.52. The normalized spacial score (nSPS) is 11.6. The number of nitrogens with one attached hydrogen (secondary N) is 1. The lowest BCUT2D eigenvalue weighted by molar-refractivity contribution is -0.137. The topological polar surface area (TPSA) is 90.5 Å². The van der Waals surface area contributed by atoms with Gasteiger partial charge in [0.05, 0.1) is 23.3 Å². The number of Topliss-reactive ketones (excluding diaryl/α,β-unsaturated/α-hetero) is 1. The number of alkyl halides is 3. The second-order valence-electron chi connectivity index (χ2n) is 9.87. The number of carbonyl (C=O) groups is 1. The second kappa shape index (κ2) is 11.0. The van der Waals surface area contributed by atoms with E-state index in [-0.39, 0.29) is 17.7 Å². The van der Waals surface area contributed by atoms with E-state index in [0.29, 0.717) is 22.9 Å². The maximum Gasteiger partial charge on any atom is 0.416 e. The van der Waals surface area contributed by atoms with Crippen LogP contribution in [0.2, 0.25) is 0 Å². The molecule has 11 heteroatoms. The summed E-state index contributed by atoms with van der Waals surface area (Å²) in [6.07, 6.45) is 0.599. The molecule has 0 aliphatic carbocycles. The van der Waals surface area contributed by atoms with Crippen molar-refractivity contribution < 1.29 is 18.0 Å². The third-order valence-corrected chi connectivity index (χ3v) is 6.63. The van der Waals surface area contributed by atoms with E-state index in [1.807, 2.05) is 45.0 Å². The van der Waals surface area contributed by atoms with Gasteiger partial charge in [-0.15, -0.1) is 0 Å². The standard InChI is InChI=1S/C30H28F3N7O/c1-5-24-14-28(35-16-34-24)40-29(8-19(3)38-40)37-26-9-21(7-6-18(26)2)10-27(41)22-11-23(30(31,32)33)13-25(12-22)39-15-20(4)36-17-39/h6-9,11-17,37H,5,10H2,1-4H3. The Balaban J connectivity index is 1.44. The van der Waals surface area contributed by atoms with Crippen molar-refractivity contribution in [2.75, 3.05) is 5.32 Å². The summed E-state index contributed by atoms with van der Waals surface area (Å²) in [5, 5.41) is 7.95. The Labute approximate surface area is 234 Å². The third-order valence-electron chi connectivity index (χ3n) is 6.63. The van der Waals surface area contributed by atoms with E-state index in [9.17, 15) is 18.0 Å². The minimum atomic E-state index is -4.61. The third kappa shape index (κ3) is 6.19. The predicted molar refractivity (Wildman–Crippen MR) is 149 cm³/mol. The van der Waals surface area contributed by atoms with Gasteiger partial charge in [0.2, 0.25) is 0 Å². The smallest absolute Gasteiger partial charge is 0.340 e. The van der Waals surface area contributed by atoms with Crippen molar-refractivity contribution in [2.45, 2.75) is 46.7 Å². The number of aromatic nitrogens is 6. The van der Waals surface area contributed by atoms with Crippen molar-refractivity contribution in [1.82, 2.24) is 29.3 Å². The number of benzene rings is 2. The number of hydrogen-bond acceptors (Lipinski definition) is 6. The van der Waals surface area contributed by atoms with E-state index >= 15 is 0 Å². The van der Waals surface area contributed by atoms with Crippen molar-refractivity contribution in [2.24, 2.45) is 0 Å². The molecule has 0 unspecified atom stereocenters. The molecule has 3 heterocycles.